The minimum atomic E-state index is -0.322. The normalized spacial score (nSPS) is 30.7. The molecule has 1 saturated heterocycles. The molecule has 0 saturated carbocycles. The van der Waals surface area contributed by atoms with Gasteiger partial charge in [-0.3, -0.25) is 4.90 Å². The van der Waals surface area contributed by atoms with Crippen LogP contribution < -0.4 is 0 Å². The molecule has 0 amide bonds. The van der Waals surface area contributed by atoms with Gasteiger partial charge in [0.05, 0.1) is 6.10 Å². The first-order valence-corrected chi connectivity index (χ1v) is 7.80. The number of hydrogen-bond donors (Lipinski definition) is 1. The Balaban J connectivity index is 1.63. The van der Waals surface area contributed by atoms with Gasteiger partial charge in [-0.25, -0.2) is 0 Å². The number of nitrogens with zero attached hydrogens (tertiary/aromatic N) is 2. The Kier molecular flexibility index (Phi) is 4.11. The summed E-state index contributed by atoms with van der Waals surface area (Å²) in [5, 5.41) is 10.5. The molecule has 3 rings (SSSR count). The minimum Gasteiger partial charge on any atom is -0.387 e. The highest BCUT2D eigenvalue weighted by atomic mass is 16.3. The molecule has 20 heavy (non-hydrogen) atoms. The predicted molar refractivity (Wildman–Crippen MR) is 81.7 cm³/mol. The number of aliphatic hydroxyl groups excluding tert-OH is 1. The first kappa shape index (κ1) is 14.1. The van der Waals surface area contributed by atoms with Crippen molar-refractivity contribution in [3.8, 4) is 0 Å². The van der Waals surface area contributed by atoms with E-state index in [0.717, 1.165) is 24.4 Å². The number of aliphatic hydroxyl groups is 1. The molecule has 0 spiro atoms. The maximum atomic E-state index is 10.5. The van der Waals surface area contributed by atoms with Crippen LogP contribution in [0.15, 0.2) is 24.3 Å². The number of likely N-dealkylation sites (tertiary alicyclic amines) is 1. The standard InChI is InChI=1S/C17H26N2O/c1-18-9-5-6-13(11-18)12-19(2)16-10-14-7-3-4-8-15(14)17(16)20/h3-4,7-8,13,16-17,20H,5-6,9-12H2,1-2H3. The summed E-state index contributed by atoms with van der Waals surface area (Å²) in [5.41, 5.74) is 2.45. The number of hydrogen-bond acceptors (Lipinski definition) is 3. The third kappa shape index (κ3) is 2.76. The van der Waals surface area contributed by atoms with Gasteiger partial charge in [0.25, 0.3) is 0 Å². The summed E-state index contributed by atoms with van der Waals surface area (Å²) < 4.78 is 0. The number of fused-ring (bicyclic) bond motifs is 1. The molecule has 2 aliphatic rings. The van der Waals surface area contributed by atoms with Gasteiger partial charge in [0.2, 0.25) is 0 Å². The van der Waals surface area contributed by atoms with Gasteiger partial charge in [-0.15, -0.1) is 0 Å². The van der Waals surface area contributed by atoms with E-state index in [1.165, 1.54) is 31.5 Å². The highest BCUT2D eigenvalue weighted by Crippen LogP contribution is 2.34. The summed E-state index contributed by atoms with van der Waals surface area (Å²) in [5.74, 6) is 0.745. The highest BCUT2D eigenvalue weighted by Gasteiger charge is 2.34. The Labute approximate surface area is 122 Å². The van der Waals surface area contributed by atoms with Gasteiger partial charge in [0, 0.05) is 19.1 Å². The van der Waals surface area contributed by atoms with E-state index < -0.39 is 0 Å². The molecule has 3 atom stereocenters. The van der Waals surface area contributed by atoms with Crippen LogP contribution in [-0.2, 0) is 6.42 Å². The van der Waals surface area contributed by atoms with Gasteiger partial charge in [0.1, 0.15) is 0 Å². The van der Waals surface area contributed by atoms with Gasteiger partial charge in [-0.05, 0) is 56.9 Å². The van der Waals surface area contributed by atoms with E-state index in [-0.39, 0.29) is 12.1 Å². The molecule has 0 aromatic heterocycles. The fraction of sp³-hybridized carbons (Fsp3) is 0.647. The van der Waals surface area contributed by atoms with Crippen LogP contribution in [0.1, 0.15) is 30.1 Å². The molecule has 3 nitrogen and oxygen atoms in total. The Morgan fingerprint density at radius 1 is 1.35 bits per heavy atom. The Morgan fingerprint density at radius 3 is 2.90 bits per heavy atom. The van der Waals surface area contributed by atoms with Crippen molar-refractivity contribution in [2.24, 2.45) is 5.92 Å². The van der Waals surface area contributed by atoms with E-state index in [4.69, 9.17) is 0 Å². The van der Waals surface area contributed by atoms with Crippen LogP contribution in [0.2, 0.25) is 0 Å². The predicted octanol–water partition coefficient (Wildman–Crippen LogP) is 1.92. The van der Waals surface area contributed by atoms with E-state index in [1.54, 1.807) is 0 Å². The molecule has 0 bridgehead atoms. The summed E-state index contributed by atoms with van der Waals surface area (Å²) in [6, 6.07) is 8.58. The first-order valence-electron chi connectivity index (χ1n) is 7.80. The van der Waals surface area contributed by atoms with E-state index in [9.17, 15) is 5.11 Å². The SMILES string of the molecule is CN1CCCC(CN(C)C2Cc3ccccc3C2O)C1. The zero-order valence-electron chi connectivity index (χ0n) is 12.6. The third-order valence-corrected chi connectivity index (χ3v) is 5.00. The number of rotatable bonds is 3. The molecule has 1 fully saturated rings. The zero-order valence-corrected chi connectivity index (χ0v) is 12.6. The average molecular weight is 274 g/mol. The van der Waals surface area contributed by atoms with Crippen molar-refractivity contribution in [2.45, 2.75) is 31.4 Å². The van der Waals surface area contributed by atoms with Crippen LogP contribution in [-0.4, -0.2) is 54.7 Å². The van der Waals surface area contributed by atoms with Crippen molar-refractivity contribution in [1.82, 2.24) is 9.80 Å². The van der Waals surface area contributed by atoms with Crippen molar-refractivity contribution < 1.29 is 5.11 Å². The van der Waals surface area contributed by atoms with Gasteiger partial charge >= 0.3 is 0 Å². The largest absolute Gasteiger partial charge is 0.387 e. The molecule has 1 aliphatic carbocycles. The highest BCUT2D eigenvalue weighted by molar-refractivity contribution is 5.35. The summed E-state index contributed by atoms with van der Waals surface area (Å²) in [6.07, 6.45) is 3.29. The van der Waals surface area contributed by atoms with E-state index >= 15 is 0 Å². The summed E-state index contributed by atoms with van der Waals surface area (Å²) in [6.45, 7) is 3.53. The lowest BCUT2D eigenvalue weighted by atomic mass is 9.97. The third-order valence-electron chi connectivity index (χ3n) is 5.00. The van der Waals surface area contributed by atoms with Crippen LogP contribution in [0.5, 0.6) is 0 Å². The van der Waals surface area contributed by atoms with Gasteiger partial charge in [-0.1, -0.05) is 24.3 Å². The fourth-order valence-corrected chi connectivity index (χ4v) is 3.91. The van der Waals surface area contributed by atoms with Crippen LogP contribution in [0.25, 0.3) is 0 Å². The minimum absolute atomic E-state index is 0.250. The molecular formula is C17H26N2O. The lowest BCUT2D eigenvalue weighted by Crippen LogP contribution is -2.43. The molecule has 1 heterocycles. The van der Waals surface area contributed by atoms with Crippen molar-refractivity contribution in [2.75, 3.05) is 33.7 Å². The van der Waals surface area contributed by atoms with Crippen molar-refractivity contribution in [1.29, 1.82) is 0 Å². The van der Waals surface area contributed by atoms with Crippen LogP contribution in [0, 0.1) is 5.92 Å². The summed E-state index contributed by atoms with van der Waals surface area (Å²) >= 11 is 0. The molecule has 3 unspecified atom stereocenters. The second-order valence-corrected chi connectivity index (χ2v) is 6.63. The van der Waals surface area contributed by atoms with Crippen LogP contribution in [0.4, 0.5) is 0 Å². The number of benzene rings is 1. The number of likely N-dealkylation sites (N-methyl/N-ethyl adjacent to an activating group) is 1. The van der Waals surface area contributed by atoms with E-state index in [2.05, 4.69) is 42.1 Å². The monoisotopic (exact) mass is 274 g/mol. The number of piperidine rings is 1. The van der Waals surface area contributed by atoms with Gasteiger partial charge in [0.15, 0.2) is 0 Å². The smallest absolute Gasteiger partial charge is 0.0950 e. The maximum absolute atomic E-state index is 10.5. The topological polar surface area (TPSA) is 26.7 Å². The molecule has 110 valence electrons. The lowest BCUT2D eigenvalue weighted by Gasteiger charge is -2.35. The zero-order chi connectivity index (χ0) is 14.1. The molecule has 1 aromatic rings. The van der Waals surface area contributed by atoms with Crippen molar-refractivity contribution in [3.05, 3.63) is 35.4 Å². The summed E-state index contributed by atoms with van der Waals surface area (Å²) in [7, 11) is 4.39. The Hall–Kier alpha value is -0.900. The summed E-state index contributed by atoms with van der Waals surface area (Å²) in [4.78, 5) is 4.82. The van der Waals surface area contributed by atoms with E-state index in [1.807, 2.05) is 6.07 Å². The van der Waals surface area contributed by atoms with Gasteiger partial charge < -0.3 is 10.0 Å². The second-order valence-electron chi connectivity index (χ2n) is 6.63. The molecule has 3 heteroatoms. The first-order chi connectivity index (χ1) is 9.65. The van der Waals surface area contributed by atoms with E-state index in [0.29, 0.717) is 0 Å². The molecule has 1 N–H and O–H groups in total. The average Bonchev–Trinajstić information content (AvgIpc) is 2.77. The molecular weight excluding hydrogens is 248 g/mol. The van der Waals surface area contributed by atoms with Crippen LogP contribution in [0.3, 0.4) is 0 Å². The lowest BCUT2D eigenvalue weighted by molar-refractivity contribution is 0.0574. The molecule has 1 aliphatic heterocycles. The van der Waals surface area contributed by atoms with Crippen molar-refractivity contribution in [3.63, 3.8) is 0 Å². The fourth-order valence-electron chi connectivity index (χ4n) is 3.91. The van der Waals surface area contributed by atoms with Crippen molar-refractivity contribution >= 4 is 0 Å². The molecule has 1 aromatic carbocycles. The van der Waals surface area contributed by atoms with Gasteiger partial charge in [-0.2, -0.15) is 0 Å². The second kappa shape index (κ2) is 5.84. The Bertz CT molecular complexity index is 462. The maximum Gasteiger partial charge on any atom is 0.0950 e. The molecule has 0 radical (unpaired) electrons. The quantitative estimate of drug-likeness (QED) is 0.912. The van der Waals surface area contributed by atoms with Crippen LogP contribution >= 0.6 is 0 Å². The Morgan fingerprint density at radius 2 is 2.15 bits per heavy atom.